The van der Waals surface area contributed by atoms with E-state index < -0.39 is 5.97 Å². The topological polar surface area (TPSA) is 63.3 Å². The van der Waals surface area contributed by atoms with Crippen molar-refractivity contribution in [2.75, 3.05) is 0 Å². The molecule has 1 N–H and O–H groups in total. The highest BCUT2D eigenvalue weighted by Crippen LogP contribution is 2.16. The number of para-hydroxylation sites is 1. The van der Waals surface area contributed by atoms with Crippen molar-refractivity contribution in [1.29, 1.82) is 0 Å². The molecule has 4 nitrogen and oxygen atoms in total. The fourth-order valence-corrected chi connectivity index (χ4v) is 1.04. The van der Waals surface area contributed by atoms with Gasteiger partial charge in [-0.2, -0.15) is 0 Å². The maximum atomic E-state index is 10.6. The smallest absolute Gasteiger partial charge is 0.358 e. The molecule has 0 unspecified atom stereocenters. The molecular weight excluding hydrogens is 158 g/mol. The van der Waals surface area contributed by atoms with Crippen LogP contribution < -0.4 is 0 Å². The van der Waals surface area contributed by atoms with E-state index in [4.69, 9.17) is 9.63 Å². The van der Waals surface area contributed by atoms with E-state index in [1.807, 2.05) is 0 Å². The first kappa shape index (κ1) is 6.84. The van der Waals surface area contributed by atoms with Gasteiger partial charge in [0.05, 0.1) is 5.39 Å². The Balaban J connectivity index is 2.79. The van der Waals surface area contributed by atoms with E-state index in [0.717, 1.165) is 0 Å². The number of benzene rings is 1. The standard InChI is InChI=1S/C8H5NO3/c10-8(11)7-5-3-1-2-4-6(5)12-9-7/h1-4H,(H,10,11). The molecule has 60 valence electrons. The lowest BCUT2D eigenvalue weighted by Gasteiger charge is -1.84. The summed E-state index contributed by atoms with van der Waals surface area (Å²) in [6.45, 7) is 0. The van der Waals surface area contributed by atoms with Gasteiger partial charge in [0.25, 0.3) is 0 Å². The Morgan fingerprint density at radius 3 is 2.92 bits per heavy atom. The molecule has 0 amide bonds. The maximum absolute atomic E-state index is 10.6. The lowest BCUT2D eigenvalue weighted by Crippen LogP contribution is -1.95. The molecule has 0 aliphatic heterocycles. The van der Waals surface area contributed by atoms with Crippen LogP contribution in [-0.2, 0) is 0 Å². The number of carboxylic acids is 1. The van der Waals surface area contributed by atoms with Crippen molar-refractivity contribution in [2.24, 2.45) is 0 Å². The van der Waals surface area contributed by atoms with Gasteiger partial charge in [-0.25, -0.2) is 4.79 Å². The second kappa shape index (κ2) is 2.34. The monoisotopic (exact) mass is 163 g/mol. The highest BCUT2D eigenvalue weighted by atomic mass is 16.5. The van der Waals surface area contributed by atoms with Crippen molar-refractivity contribution in [2.45, 2.75) is 0 Å². The van der Waals surface area contributed by atoms with Gasteiger partial charge in [0, 0.05) is 0 Å². The maximum Gasteiger partial charge on any atom is 0.358 e. The summed E-state index contributed by atoms with van der Waals surface area (Å²) in [7, 11) is 0. The van der Waals surface area contributed by atoms with Crippen LogP contribution in [0.25, 0.3) is 11.0 Å². The van der Waals surface area contributed by atoms with E-state index in [1.165, 1.54) is 0 Å². The quantitative estimate of drug-likeness (QED) is 0.692. The Morgan fingerprint density at radius 1 is 1.42 bits per heavy atom. The van der Waals surface area contributed by atoms with Crippen molar-refractivity contribution >= 4 is 16.9 Å². The number of hydrogen-bond donors (Lipinski definition) is 1. The van der Waals surface area contributed by atoms with Gasteiger partial charge in [-0.1, -0.05) is 17.3 Å². The predicted octanol–water partition coefficient (Wildman–Crippen LogP) is 1.53. The molecule has 0 saturated heterocycles. The third-order valence-corrected chi connectivity index (χ3v) is 1.58. The molecule has 4 heteroatoms. The highest BCUT2D eigenvalue weighted by molar-refractivity contribution is 5.99. The molecule has 0 spiro atoms. The summed E-state index contributed by atoms with van der Waals surface area (Å²) in [6.07, 6.45) is 0. The Hall–Kier alpha value is -1.84. The molecule has 2 aromatic rings. The second-order valence-corrected chi connectivity index (χ2v) is 2.33. The molecule has 0 aliphatic carbocycles. The molecule has 0 radical (unpaired) electrons. The minimum Gasteiger partial charge on any atom is -0.476 e. The van der Waals surface area contributed by atoms with E-state index in [-0.39, 0.29) is 5.69 Å². The number of carbonyl (C=O) groups is 1. The van der Waals surface area contributed by atoms with Gasteiger partial charge in [-0.15, -0.1) is 0 Å². The SMILES string of the molecule is O=C(O)c1noc2ccccc12. The Morgan fingerprint density at radius 2 is 2.17 bits per heavy atom. The molecule has 2 rings (SSSR count). The molecule has 1 aromatic carbocycles. The Kier molecular flexibility index (Phi) is 1.33. The van der Waals surface area contributed by atoms with Gasteiger partial charge in [-0.3, -0.25) is 0 Å². The highest BCUT2D eigenvalue weighted by Gasteiger charge is 2.13. The van der Waals surface area contributed by atoms with Gasteiger partial charge >= 0.3 is 5.97 Å². The van der Waals surface area contributed by atoms with Crippen molar-refractivity contribution in [3.05, 3.63) is 30.0 Å². The van der Waals surface area contributed by atoms with Gasteiger partial charge in [-0.05, 0) is 12.1 Å². The van der Waals surface area contributed by atoms with Crippen molar-refractivity contribution in [3.63, 3.8) is 0 Å². The number of fused-ring (bicyclic) bond motifs is 1. The lowest BCUT2D eigenvalue weighted by molar-refractivity contribution is 0.0688. The largest absolute Gasteiger partial charge is 0.476 e. The normalized spacial score (nSPS) is 10.3. The Bertz CT molecular complexity index is 433. The number of rotatable bonds is 1. The van der Waals surface area contributed by atoms with Gasteiger partial charge in [0.15, 0.2) is 11.3 Å². The first-order valence-corrected chi connectivity index (χ1v) is 3.37. The third kappa shape index (κ3) is 0.852. The first-order chi connectivity index (χ1) is 5.79. The average molecular weight is 163 g/mol. The number of aromatic carboxylic acids is 1. The van der Waals surface area contributed by atoms with E-state index in [1.54, 1.807) is 24.3 Å². The number of nitrogens with zero attached hydrogens (tertiary/aromatic N) is 1. The van der Waals surface area contributed by atoms with Crippen molar-refractivity contribution < 1.29 is 14.4 Å². The van der Waals surface area contributed by atoms with Crippen molar-refractivity contribution in [3.8, 4) is 0 Å². The summed E-state index contributed by atoms with van der Waals surface area (Å²) in [4.78, 5) is 10.6. The van der Waals surface area contributed by atoms with Crippen LogP contribution in [0.4, 0.5) is 0 Å². The molecule has 1 aromatic heterocycles. The summed E-state index contributed by atoms with van der Waals surface area (Å²) < 4.78 is 4.78. The fourth-order valence-electron chi connectivity index (χ4n) is 1.04. The Labute approximate surface area is 67.4 Å². The predicted molar refractivity (Wildman–Crippen MR) is 41.0 cm³/mol. The molecule has 1 heterocycles. The molecule has 12 heavy (non-hydrogen) atoms. The van der Waals surface area contributed by atoms with Crippen LogP contribution in [0.1, 0.15) is 10.5 Å². The minimum atomic E-state index is -1.07. The number of carboxylic acid groups (broad SMARTS) is 1. The van der Waals surface area contributed by atoms with Crippen LogP contribution in [0.2, 0.25) is 0 Å². The zero-order valence-electron chi connectivity index (χ0n) is 6.02. The lowest BCUT2D eigenvalue weighted by atomic mass is 10.2. The summed E-state index contributed by atoms with van der Waals surface area (Å²) in [6, 6.07) is 6.84. The fraction of sp³-hybridized carbons (Fsp3) is 0. The van der Waals surface area contributed by atoms with Crippen LogP contribution in [0, 0.1) is 0 Å². The number of hydrogen-bond acceptors (Lipinski definition) is 3. The third-order valence-electron chi connectivity index (χ3n) is 1.58. The van der Waals surface area contributed by atoms with Gasteiger partial charge < -0.3 is 9.63 Å². The summed E-state index contributed by atoms with van der Waals surface area (Å²) >= 11 is 0. The number of aromatic nitrogens is 1. The van der Waals surface area contributed by atoms with Crippen LogP contribution in [0.5, 0.6) is 0 Å². The molecular formula is C8H5NO3. The van der Waals surface area contributed by atoms with Crippen LogP contribution >= 0.6 is 0 Å². The zero-order chi connectivity index (χ0) is 8.55. The molecule has 0 bridgehead atoms. The van der Waals surface area contributed by atoms with Crippen molar-refractivity contribution in [1.82, 2.24) is 5.16 Å². The summed E-state index contributed by atoms with van der Waals surface area (Å²) in [5, 5.41) is 12.6. The average Bonchev–Trinajstić information content (AvgIpc) is 2.47. The molecule has 0 atom stereocenters. The summed E-state index contributed by atoms with van der Waals surface area (Å²) in [5.74, 6) is -1.07. The van der Waals surface area contributed by atoms with Crippen LogP contribution in [0.3, 0.4) is 0 Å². The van der Waals surface area contributed by atoms with Crippen LogP contribution in [-0.4, -0.2) is 16.2 Å². The van der Waals surface area contributed by atoms with E-state index in [9.17, 15) is 4.79 Å². The van der Waals surface area contributed by atoms with E-state index in [2.05, 4.69) is 5.16 Å². The zero-order valence-corrected chi connectivity index (χ0v) is 6.02. The van der Waals surface area contributed by atoms with Gasteiger partial charge in [0.2, 0.25) is 0 Å². The van der Waals surface area contributed by atoms with E-state index in [0.29, 0.717) is 11.0 Å². The molecule has 0 fully saturated rings. The van der Waals surface area contributed by atoms with E-state index >= 15 is 0 Å². The first-order valence-electron chi connectivity index (χ1n) is 3.37. The van der Waals surface area contributed by atoms with Crippen LogP contribution in [0.15, 0.2) is 28.8 Å². The second-order valence-electron chi connectivity index (χ2n) is 2.33. The molecule has 0 saturated carbocycles. The molecule has 0 aliphatic rings. The minimum absolute atomic E-state index is 0.0365. The van der Waals surface area contributed by atoms with Gasteiger partial charge in [0.1, 0.15) is 0 Å². The summed E-state index contributed by atoms with van der Waals surface area (Å²) in [5.41, 5.74) is 0.459.